The van der Waals surface area contributed by atoms with Crippen molar-refractivity contribution in [3.05, 3.63) is 28.8 Å². The van der Waals surface area contributed by atoms with Crippen LogP contribution in [0.25, 0.3) is 0 Å². The number of aliphatic carboxylic acids is 1. The largest absolute Gasteiger partial charge is 0.479 e. The monoisotopic (exact) mass is 214 g/mol. The van der Waals surface area contributed by atoms with Gasteiger partial charge < -0.3 is 9.84 Å². The molecule has 1 aromatic rings. The van der Waals surface area contributed by atoms with Crippen molar-refractivity contribution in [1.82, 2.24) is 0 Å². The SMILES string of the molecule is Cc1ccc(O[C@@H](C)C(=O)O)cc1Cl. The van der Waals surface area contributed by atoms with Crippen molar-refractivity contribution < 1.29 is 14.6 Å². The predicted molar refractivity (Wildman–Crippen MR) is 53.9 cm³/mol. The van der Waals surface area contributed by atoms with Crippen molar-refractivity contribution in [1.29, 1.82) is 0 Å². The van der Waals surface area contributed by atoms with Crippen LogP contribution in [-0.2, 0) is 4.79 Å². The standard InChI is InChI=1S/C10H11ClO3/c1-6-3-4-8(5-9(6)11)14-7(2)10(12)13/h3-5,7H,1-2H3,(H,12,13)/t7-/m0/s1. The highest BCUT2D eigenvalue weighted by atomic mass is 35.5. The number of carbonyl (C=O) groups is 1. The van der Waals surface area contributed by atoms with Gasteiger partial charge in [0.15, 0.2) is 6.10 Å². The Hall–Kier alpha value is -1.22. The number of carboxylic acids is 1. The minimum atomic E-state index is -0.998. The molecule has 76 valence electrons. The molecular formula is C10H11ClO3. The zero-order valence-corrected chi connectivity index (χ0v) is 8.71. The zero-order valence-electron chi connectivity index (χ0n) is 7.95. The van der Waals surface area contributed by atoms with E-state index >= 15 is 0 Å². The van der Waals surface area contributed by atoms with Gasteiger partial charge in [-0.1, -0.05) is 17.7 Å². The van der Waals surface area contributed by atoms with Gasteiger partial charge in [0.2, 0.25) is 0 Å². The maximum Gasteiger partial charge on any atom is 0.344 e. The first-order chi connectivity index (χ1) is 6.50. The third-order valence-corrected chi connectivity index (χ3v) is 2.21. The average Bonchev–Trinajstić information content (AvgIpc) is 2.11. The molecule has 0 fully saturated rings. The Balaban J connectivity index is 2.78. The van der Waals surface area contributed by atoms with E-state index in [-0.39, 0.29) is 0 Å². The molecular weight excluding hydrogens is 204 g/mol. The number of hydrogen-bond acceptors (Lipinski definition) is 2. The Morgan fingerprint density at radius 1 is 1.57 bits per heavy atom. The summed E-state index contributed by atoms with van der Waals surface area (Å²) < 4.78 is 5.13. The molecule has 0 radical (unpaired) electrons. The van der Waals surface area contributed by atoms with E-state index in [0.29, 0.717) is 10.8 Å². The highest BCUT2D eigenvalue weighted by Gasteiger charge is 2.12. The molecule has 0 aliphatic heterocycles. The van der Waals surface area contributed by atoms with Crippen molar-refractivity contribution in [3.63, 3.8) is 0 Å². The molecule has 0 heterocycles. The van der Waals surface area contributed by atoms with Crippen LogP contribution in [0.5, 0.6) is 5.75 Å². The summed E-state index contributed by atoms with van der Waals surface area (Å²) in [6.45, 7) is 3.34. The molecule has 0 saturated heterocycles. The quantitative estimate of drug-likeness (QED) is 0.841. The third kappa shape index (κ3) is 2.64. The molecule has 0 aromatic heterocycles. The summed E-state index contributed by atoms with van der Waals surface area (Å²) in [4.78, 5) is 10.5. The lowest BCUT2D eigenvalue weighted by atomic mass is 10.2. The smallest absolute Gasteiger partial charge is 0.344 e. The molecule has 0 unspecified atom stereocenters. The van der Waals surface area contributed by atoms with Gasteiger partial charge in [-0.25, -0.2) is 4.79 Å². The molecule has 14 heavy (non-hydrogen) atoms. The Morgan fingerprint density at radius 3 is 2.71 bits per heavy atom. The van der Waals surface area contributed by atoms with Crippen LogP contribution in [0.3, 0.4) is 0 Å². The number of hydrogen-bond donors (Lipinski definition) is 1. The molecule has 0 aliphatic carbocycles. The molecule has 0 saturated carbocycles. The van der Waals surface area contributed by atoms with Crippen molar-refractivity contribution in [3.8, 4) is 5.75 Å². The first kappa shape index (κ1) is 10.9. The molecule has 0 aliphatic rings. The Kier molecular flexibility index (Phi) is 3.36. The van der Waals surface area contributed by atoms with Crippen LogP contribution >= 0.6 is 11.6 Å². The van der Waals surface area contributed by atoms with Crippen LogP contribution in [0.15, 0.2) is 18.2 Å². The molecule has 0 bridgehead atoms. The Labute approximate surface area is 87.3 Å². The molecule has 1 N–H and O–H groups in total. The summed E-state index contributed by atoms with van der Waals surface area (Å²) in [5.74, 6) is -0.530. The lowest BCUT2D eigenvalue weighted by Gasteiger charge is -2.10. The average molecular weight is 215 g/mol. The van der Waals surface area contributed by atoms with Gasteiger partial charge in [-0.15, -0.1) is 0 Å². The molecule has 0 amide bonds. The van der Waals surface area contributed by atoms with Gasteiger partial charge in [0.05, 0.1) is 0 Å². The summed E-state index contributed by atoms with van der Waals surface area (Å²) in [5, 5.41) is 9.18. The van der Waals surface area contributed by atoms with E-state index in [4.69, 9.17) is 21.4 Å². The predicted octanol–water partition coefficient (Wildman–Crippen LogP) is 2.50. The van der Waals surface area contributed by atoms with Gasteiger partial charge in [0.1, 0.15) is 5.75 Å². The normalized spacial score (nSPS) is 12.2. The Bertz CT molecular complexity index is 349. The number of carboxylic acid groups (broad SMARTS) is 1. The fourth-order valence-electron chi connectivity index (χ4n) is 0.901. The number of benzene rings is 1. The van der Waals surface area contributed by atoms with E-state index in [1.165, 1.54) is 6.92 Å². The van der Waals surface area contributed by atoms with E-state index in [0.717, 1.165) is 5.56 Å². The van der Waals surface area contributed by atoms with Crippen molar-refractivity contribution in [2.24, 2.45) is 0 Å². The third-order valence-electron chi connectivity index (χ3n) is 1.80. The number of ether oxygens (including phenoxy) is 1. The zero-order chi connectivity index (χ0) is 10.7. The van der Waals surface area contributed by atoms with Crippen molar-refractivity contribution >= 4 is 17.6 Å². The van der Waals surface area contributed by atoms with Crippen molar-refractivity contribution in [2.45, 2.75) is 20.0 Å². The first-order valence-electron chi connectivity index (χ1n) is 4.16. The second kappa shape index (κ2) is 4.33. The van der Waals surface area contributed by atoms with E-state index in [1.54, 1.807) is 18.2 Å². The molecule has 1 aromatic carbocycles. The van der Waals surface area contributed by atoms with E-state index in [1.807, 2.05) is 6.92 Å². The highest BCUT2D eigenvalue weighted by molar-refractivity contribution is 6.31. The Morgan fingerprint density at radius 2 is 2.21 bits per heavy atom. The van der Waals surface area contributed by atoms with Gasteiger partial charge >= 0.3 is 5.97 Å². The summed E-state index contributed by atoms with van der Waals surface area (Å²) in [7, 11) is 0. The lowest BCUT2D eigenvalue weighted by molar-refractivity contribution is -0.144. The second-order valence-electron chi connectivity index (χ2n) is 3.01. The van der Waals surface area contributed by atoms with Crippen LogP contribution in [0, 0.1) is 6.92 Å². The van der Waals surface area contributed by atoms with Crippen molar-refractivity contribution in [2.75, 3.05) is 0 Å². The van der Waals surface area contributed by atoms with Crippen LogP contribution in [-0.4, -0.2) is 17.2 Å². The van der Waals surface area contributed by atoms with Gasteiger partial charge in [0, 0.05) is 5.02 Å². The fraction of sp³-hybridized carbons (Fsp3) is 0.300. The molecule has 1 atom stereocenters. The van der Waals surface area contributed by atoms with Gasteiger partial charge in [-0.05, 0) is 31.5 Å². The van der Waals surface area contributed by atoms with Gasteiger partial charge in [0.25, 0.3) is 0 Å². The minimum Gasteiger partial charge on any atom is -0.479 e. The number of rotatable bonds is 3. The summed E-state index contributed by atoms with van der Waals surface area (Å²) in [6.07, 6.45) is -0.867. The molecule has 4 heteroatoms. The summed E-state index contributed by atoms with van der Waals surface area (Å²) >= 11 is 5.85. The first-order valence-corrected chi connectivity index (χ1v) is 4.54. The van der Waals surface area contributed by atoms with Crippen LogP contribution in [0.1, 0.15) is 12.5 Å². The minimum absolute atomic E-state index is 0.468. The summed E-state index contributed by atoms with van der Waals surface area (Å²) in [5.41, 5.74) is 0.932. The fourth-order valence-corrected chi connectivity index (χ4v) is 1.07. The van der Waals surface area contributed by atoms with Gasteiger partial charge in [-0.3, -0.25) is 0 Å². The van der Waals surface area contributed by atoms with Gasteiger partial charge in [-0.2, -0.15) is 0 Å². The molecule has 0 spiro atoms. The lowest BCUT2D eigenvalue weighted by Crippen LogP contribution is -2.22. The van der Waals surface area contributed by atoms with E-state index < -0.39 is 12.1 Å². The molecule has 1 rings (SSSR count). The maximum absolute atomic E-state index is 10.5. The van der Waals surface area contributed by atoms with E-state index in [9.17, 15) is 4.79 Å². The number of halogens is 1. The van der Waals surface area contributed by atoms with E-state index in [2.05, 4.69) is 0 Å². The summed E-state index contributed by atoms with van der Waals surface area (Å²) in [6, 6.07) is 5.09. The highest BCUT2D eigenvalue weighted by Crippen LogP contribution is 2.22. The molecule has 3 nitrogen and oxygen atoms in total. The maximum atomic E-state index is 10.5. The van der Waals surface area contributed by atoms with Crippen LogP contribution in [0.2, 0.25) is 5.02 Å². The topological polar surface area (TPSA) is 46.5 Å². The van der Waals surface area contributed by atoms with Crippen LogP contribution in [0.4, 0.5) is 0 Å². The number of aryl methyl sites for hydroxylation is 1. The van der Waals surface area contributed by atoms with Crippen LogP contribution < -0.4 is 4.74 Å². The second-order valence-corrected chi connectivity index (χ2v) is 3.42.